The third-order valence-corrected chi connectivity index (χ3v) is 4.86. The second-order valence-corrected chi connectivity index (χ2v) is 6.73. The molecule has 0 bridgehead atoms. The Labute approximate surface area is 120 Å². The number of nitrogens with zero attached hydrogens (tertiary/aromatic N) is 1. The van der Waals surface area contributed by atoms with Gasteiger partial charge in [-0.2, -0.15) is 0 Å². The van der Waals surface area contributed by atoms with Crippen molar-refractivity contribution in [2.75, 3.05) is 19.7 Å². The maximum absolute atomic E-state index is 12.2. The van der Waals surface area contributed by atoms with Gasteiger partial charge in [0.15, 0.2) is 5.78 Å². The average Bonchev–Trinajstić information content (AvgIpc) is 2.75. The number of carbonyl (C=O) groups excluding carboxylic acids is 1. The predicted molar refractivity (Wildman–Crippen MR) is 77.2 cm³/mol. The zero-order chi connectivity index (χ0) is 13.1. The molecule has 0 aromatic carbocycles. The van der Waals surface area contributed by atoms with Crippen molar-refractivity contribution in [3.05, 3.63) is 20.8 Å². The number of halogens is 1. The molecular formula is C13H18BrNO2S. The van der Waals surface area contributed by atoms with E-state index in [4.69, 9.17) is 4.74 Å². The van der Waals surface area contributed by atoms with Crippen LogP contribution in [0.1, 0.15) is 18.7 Å². The lowest BCUT2D eigenvalue weighted by Gasteiger charge is -2.34. The molecule has 2 heterocycles. The summed E-state index contributed by atoms with van der Waals surface area (Å²) in [4.78, 5) is 15.6. The zero-order valence-corrected chi connectivity index (χ0v) is 13.1. The first kappa shape index (κ1) is 14.2. The maximum Gasteiger partial charge on any atom is 0.168 e. The highest BCUT2D eigenvalue weighted by Gasteiger charge is 2.27. The molecule has 1 atom stereocenters. The SMILES string of the molecule is CC(C)N1CCOC(C(=O)Cc2cc(Br)cs2)C1. The largest absolute Gasteiger partial charge is 0.368 e. The second kappa shape index (κ2) is 6.28. The van der Waals surface area contributed by atoms with Crippen LogP contribution in [-0.2, 0) is 16.0 Å². The van der Waals surface area contributed by atoms with Crippen LogP contribution in [0, 0.1) is 0 Å². The Bertz CT molecular complexity index is 419. The molecule has 1 aromatic heterocycles. The number of carbonyl (C=O) groups is 1. The molecular weight excluding hydrogens is 314 g/mol. The topological polar surface area (TPSA) is 29.5 Å². The zero-order valence-electron chi connectivity index (χ0n) is 10.7. The smallest absolute Gasteiger partial charge is 0.168 e. The van der Waals surface area contributed by atoms with E-state index < -0.39 is 0 Å². The van der Waals surface area contributed by atoms with E-state index in [2.05, 4.69) is 34.7 Å². The van der Waals surface area contributed by atoms with Gasteiger partial charge < -0.3 is 4.74 Å². The van der Waals surface area contributed by atoms with E-state index in [0.29, 0.717) is 19.1 Å². The summed E-state index contributed by atoms with van der Waals surface area (Å²) in [5.74, 6) is 0.190. The first-order chi connectivity index (χ1) is 8.56. The molecule has 18 heavy (non-hydrogen) atoms. The molecule has 3 nitrogen and oxygen atoms in total. The van der Waals surface area contributed by atoms with E-state index in [1.54, 1.807) is 11.3 Å². The summed E-state index contributed by atoms with van der Waals surface area (Å²) in [6.07, 6.45) is 0.217. The van der Waals surface area contributed by atoms with Gasteiger partial charge in [0, 0.05) is 40.3 Å². The van der Waals surface area contributed by atoms with Gasteiger partial charge in [-0.15, -0.1) is 11.3 Å². The van der Waals surface area contributed by atoms with E-state index in [0.717, 1.165) is 22.4 Å². The highest BCUT2D eigenvalue weighted by molar-refractivity contribution is 9.10. The minimum atomic E-state index is -0.262. The fraction of sp³-hybridized carbons (Fsp3) is 0.615. The van der Waals surface area contributed by atoms with Crippen molar-refractivity contribution in [1.29, 1.82) is 0 Å². The van der Waals surface area contributed by atoms with Crippen molar-refractivity contribution in [2.24, 2.45) is 0 Å². The number of thiophene rings is 1. The van der Waals surface area contributed by atoms with E-state index in [1.807, 2.05) is 11.4 Å². The van der Waals surface area contributed by atoms with Crippen LogP contribution in [-0.4, -0.2) is 42.5 Å². The molecule has 1 saturated heterocycles. The van der Waals surface area contributed by atoms with Crippen LogP contribution in [0.2, 0.25) is 0 Å². The average molecular weight is 332 g/mol. The summed E-state index contributed by atoms with van der Waals surface area (Å²) in [7, 11) is 0. The number of hydrogen-bond acceptors (Lipinski definition) is 4. The predicted octanol–water partition coefficient (Wildman–Crippen LogP) is 2.73. The lowest BCUT2D eigenvalue weighted by Crippen LogP contribution is -2.49. The van der Waals surface area contributed by atoms with Crippen molar-refractivity contribution < 1.29 is 9.53 Å². The van der Waals surface area contributed by atoms with Crippen LogP contribution >= 0.6 is 27.3 Å². The fourth-order valence-electron chi connectivity index (χ4n) is 2.07. The van der Waals surface area contributed by atoms with Gasteiger partial charge in [0.05, 0.1) is 6.61 Å². The molecule has 0 radical (unpaired) electrons. The second-order valence-electron chi connectivity index (χ2n) is 4.82. The van der Waals surface area contributed by atoms with E-state index in [-0.39, 0.29) is 11.9 Å². The Balaban J connectivity index is 1.92. The summed E-state index contributed by atoms with van der Waals surface area (Å²) in [6.45, 7) is 6.62. The van der Waals surface area contributed by atoms with Gasteiger partial charge in [-0.25, -0.2) is 0 Å². The number of rotatable bonds is 4. The van der Waals surface area contributed by atoms with Crippen LogP contribution in [0.4, 0.5) is 0 Å². The third-order valence-electron chi connectivity index (χ3n) is 3.16. The molecule has 0 aliphatic carbocycles. The molecule has 5 heteroatoms. The summed E-state index contributed by atoms with van der Waals surface area (Å²) in [5.41, 5.74) is 0. The van der Waals surface area contributed by atoms with Crippen molar-refractivity contribution in [3.8, 4) is 0 Å². The molecule has 0 spiro atoms. The summed E-state index contributed by atoms with van der Waals surface area (Å²) < 4.78 is 6.65. The summed E-state index contributed by atoms with van der Waals surface area (Å²) in [6, 6.07) is 2.48. The number of hydrogen-bond donors (Lipinski definition) is 0. The van der Waals surface area contributed by atoms with Gasteiger partial charge in [0.25, 0.3) is 0 Å². The van der Waals surface area contributed by atoms with Crippen LogP contribution in [0.15, 0.2) is 15.9 Å². The number of ketones is 1. The molecule has 2 rings (SSSR count). The van der Waals surface area contributed by atoms with E-state index in [9.17, 15) is 4.79 Å². The molecule has 1 aliphatic rings. The highest BCUT2D eigenvalue weighted by Crippen LogP contribution is 2.21. The lowest BCUT2D eigenvalue weighted by atomic mass is 10.1. The number of Topliss-reactive ketones (excluding diaryl/α,β-unsaturated/α-hetero) is 1. The lowest BCUT2D eigenvalue weighted by molar-refractivity contribution is -0.136. The Morgan fingerprint density at radius 1 is 1.67 bits per heavy atom. The first-order valence-corrected chi connectivity index (χ1v) is 7.85. The third kappa shape index (κ3) is 3.63. The summed E-state index contributed by atoms with van der Waals surface area (Å²) >= 11 is 5.02. The maximum atomic E-state index is 12.2. The molecule has 1 fully saturated rings. The van der Waals surface area contributed by atoms with Crippen molar-refractivity contribution in [2.45, 2.75) is 32.4 Å². The van der Waals surface area contributed by atoms with Crippen LogP contribution < -0.4 is 0 Å². The highest BCUT2D eigenvalue weighted by atomic mass is 79.9. The minimum Gasteiger partial charge on any atom is -0.368 e. The van der Waals surface area contributed by atoms with Crippen molar-refractivity contribution in [1.82, 2.24) is 4.90 Å². The Kier molecular flexibility index (Phi) is 4.95. The van der Waals surface area contributed by atoms with Crippen LogP contribution in [0.3, 0.4) is 0 Å². The molecule has 0 N–H and O–H groups in total. The van der Waals surface area contributed by atoms with E-state index >= 15 is 0 Å². The van der Waals surface area contributed by atoms with Gasteiger partial charge in [-0.3, -0.25) is 9.69 Å². The number of morpholine rings is 1. The molecule has 1 aliphatic heterocycles. The van der Waals surface area contributed by atoms with Gasteiger partial charge >= 0.3 is 0 Å². The first-order valence-electron chi connectivity index (χ1n) is 6.17. The summed E-state index contributed by atoms with van der Waals surface area (Å²) in [5, 5.41) is 2.00. The van der Waals surface area contributed by atoms with Crippen LogP contribution in [0.5, 0.6) is 0 Å². The monoisotopic (exact) mass is 331 g/mol. The van der Waals surface area contributed by atoms with Gasteiger partial charge in [0.1, 0.15) is 6.10 Å². The van der Waals surface area contributed by atoms with Crippen molar-refractivity contribution >= 4 is 33.0 Å². The van der Waals surface area contributed by atoms with E-state index in [1.165, 1.54) is 0 Å². The van der Waals surface area contributed by atoms with Crippen LogP contribution in [0.25, 0.3) is 0 Å². The van der Waals surface area contributed by atoms with Gasteiger partial charge in [0.2, 0.25) is 0 Å². The molecule has 0 saturated carbocycles. The minimum absolute atomic E-state index is 0.190. The normalized spacial score (nSPS) is 21.4. The Hall–Kier alpha value is -0.230. The molecule has 1 aromatic rings. The van der Waals surface area contributed by atoms with Gasteiger partial charge in [-0.05, 0) is 35.8 Å². The molecule has 0 amide bonds. The number of ether oxygens (including phenoxy) is 1. The Morgan fingerprint density at radius 2 is 2.44 bits per heavy atom. The van der Waals surface area contributed by atoms with Crippen molar-refractivity contribution in [3.63, 3.8) is 0 Å². The van der Waals surface area contributed by atoms with Gasteiger partial charge in [-0.1, -0.05) is 0 Å². The Morgan fingerprint density at radius 3 is 3.06 bits per heavy atom. The standard InChI is InChI=1S/C13H18BrNO2S/c1-9(2)15-3-4-17-13(7-15)12(16)6-11-5-10(14)8-18-11/h5,8-9,13H,3-4,6-7H2,1-2H3. The molecule has 1 unspecified atom stereocenters. The fourth-order valence-corrected chi connectivity index (χ4v) is 3.53. The quantitative estimate of drug-likeness (QED) is 0.849. The molecule has 100 valence electrons.